The molecule has 1 amide bonds. The van der Waals surface area contributed by atoms with Gasteiger partial charge in [-0.05, 0) is 83.9 Å². The number of aliphatic hydroxyl groups is 1. The molecule has 1 aromatic rings. The molecule has 61 heavy (non-hydrogen) atoms. The molecule has 354 valence electrons. The molecule has 1 aliphatic heterocycles. The minimum Gasteiger partial charge on any atom is -0.743 e. The van der Waals surface area contributed by atoms with Gasteiger partial charge in [0, 0.05) is 38.0 Å². The van der Waals surface area contributed by atoms with Crippen LogP contribution in [0.4, 0.5) is 31.1 Å². The fourth-order valence-electron chi connectivity index (χ4n) is 4.56. The Kier molecular flexibility index (Phi) is 20.4. The summed E-state index contributed by atoms with van der Waals surface area (Å²) in [5, 5.41) is 4.80. The molecule has 1 saturated heterocycles. The number of carboxylic acids is 1. The van der Waals surface area contributed by atoms with Crippen molar-refractivity contribution in [3.63, 3.8) is 0 Å². The zero-order chi connectivity index (χ0) is 48.4. The maximum Gasteiger partial charge on any atom is 0.514 e. The van der Waals surface area contributed by atoms with Gasteiger partial charge in [0.05, 0.1) is 5.41 Å². The normalized spacial score (nSPS) is 15.9. The van der Waals surface area contributed by atoms with E-state index in [1.807, 2.05) is 19.1 Å². The van der Waals surface area contributed by atoms with Gasteiger partial charge in [0.1, 0.15) is 23.2 Å². The van der Waals surface area contributed by atoms with Gasteiger partial charge >= 0.3 is 28.6 Å². The van der Waals surface area contributed by atoms with Crippen LogP contribution in [-0.4, -0.2) is 119 Å². The average Bonchev–Trinajstić information content (AvgIpc) is 3.15. The first-order chi connectivity index (χ1) is 27.3. The largest absolute Gasteiger partial charge is 0.743 e. The lowest BCUT2D eigenvalue weighted by Gasteiger charge is -2.39. The SMILES string of the molecule is CCC(C)(C)C(=O)CCC(O)C(=O)N1CCN(S(=O)(=O)C(F)(F)C(F)(F)C(F)(F)S(=O)(=O)[O-])CC1.CCC(C)(C)C(=O)O.CCC(C)c1ccc(OC(=O)OC(C)(C)C)cc1. The van der Waals surface area contributed by atoms with Crippen LogP contribution in [0, 0.1) is 10.8 Å². The Bertz CT molecular complexity index is 1860. The molecule has 0 saturated carbocycles. The fraction of sp³-hybridized carbons (Fsp3) is 0.737. The van der Waals surface area contributed by atoms with E-state index in [-0.39, 0.29) is 22.9 Å². The molecule has 2 unspecified atom stereocenters. The van der Waals surface area contributed by atoms with Crippen molar-refractivity contribution >= 4 is 44.0 Å². The van der Waals surface area contributed by atoms with Crippen molar-refractivity contribution in [3.8, 4) is 5.75 Å². The van der Waals surface area contributed by atoms with Crippen LogP contribution in [-0.2, 0) is 39.3 Å². The molecule has 0 aliphatic carbocycles. The number of nitrogens with zero attached hydrogens (tertiary/aromatic N) is 2. The first-order valence-electron chi connectivity index (χ1n) is 19.1. The van der Waals surface area contributed by atoms with Gasteiger partial charge in [-0.1, -0.05) is 53.7 Å². The molecular formula is C38H59F6N2O13S2-. The van der Waals surface area contributed by atoms with Crippen LogP contribution < -0.4 is 4.74 Å². The van der Waals surface area contributed by atoms with Crippen LogP contribution in [0.15, 0.2) is 24.3 Å². The van der Waals surface area contributed by atoms with Crippen molar-refractivity contribution in [1.82, 2.24) is 9.21 Å². The molecule has 0 spiro atoms. The Morgan fingerprint density at radius 1 is 0.787 bits per heavy atom. The summed E-state index contributed by atoms with van der Waals surface area (Å²) in [5.41, 5.74) is -0.541. The van der Waals surface area contributed by atoms with Crippen molar-refractivity contribution in [2.45, 2.75) is 142 Å². The zero-order valence-electron chi connectivity index (χ0n) is 36.2. The van der Waals surface area contributed by atoms with Crippen molar-refractivity contribution in [1.29, 1.82) is 0 Å². The Balaban J connectivity index is 0.00000114. The first kappa shape index (κ1) is 57.5. The highest BCUT2D eigenvalue weighted by Crippen LogP contribution is 2.51. The number of halogens is 6. The number of amides is 1. The van der Waals surface area contributed by atoms with Gasteiger partial charge in [-0.25, -0.2) is 21.6 Å². The summed E-state index contributed by atoms with van der Waals surface area (Å²) >= 11 is 0. The Morgan fingerprint density at radius 3 is 1.61 bits per heavy atom. The minimum absolute atomic E-state index is 0.180. The van der Waals surface area contributed by atoms with Crippen LogP contribution in [0.25, 0.3) is 0 Å². The number of ether oxygens (including phenoxy) is 2. The van der Waals surface area contributed by atoms with Gasteiger partial charge in [-0.15, -0.1) is 0 Å². The number of hydrogen-bond donors (Lipinski definition) is 2. The van der Waals surface area contributed by atoms with E-state index in [1.165, 1.54) is 5.56 Å². The van der Waals surface area contributed by atoms with Gasteiger partial charge in [0.15, 0.2) is 10.1 Å². The van der Waals surface area contributed by atoms with E-state index in [0.717, 1.165) is 11.3 Å². The number of alkyl halides is 6. The highest BCUT2D eigenvalue weighted by Gasteiger charge is 2.80. The van der Waals surface area contributed by atoms with E-state index in [4.69, 9.17) is 14.6 Å². The number of sulfonamides is 1. The zero-order valence-corrected chi connectivity index (χ0v) is 37.8. The Labute approximate surface area is 353 Å². The average molecular weight is 930 g/mol. The summed E-state index contributed by atoms with van der Waals surface area (Å²) in [6, 6.07) is 7.55. The molecule has 0 aromatic heterocycles. The van der Waals surface area contributed by atoms with E-state index in [0.29, 0.717) is 24.5 Å². The lowest BCUT2D eigenvalue weighted by molar-refractivity contribution is -0.247. The highest BCUT2D eigenvalue weighted by molar-refractivity contribution is 7.90. The van der Waals surface area contributed by atoms with Crippen molar-refractivity contribution in [3.05, 3.63) is 29.8 Å². The second-order valence-corrected chi connectivity index (χ2v) is 19.9. The maximum absolute atomic E-state index is 14.1. The van der Waals surface area contributed by atoms with Crippen molar-refractivity contribution in [2.24, 2.45) is 10.8 Å². The third-order valence-electron chi connectivity index (χ3n) is 9.94. The summed E-state index contributed by atoms with van der Waals surface area (Å²) in [7, 11) is -14.0. The van der Waals surface area contributed by atoms with Crippen LogP contribution in [0.3, 0.4) is 0 Å². The van der Waals surface area contributed by atoms with E-state index >= 15 is 0 Å². The number of carbonyl (C=O) groups excluding carboxylic acids is 3. The predicted octanol–water partition coefficient (Wildman–Crippen LogP) is 6.99. The third-order valence-corrected chi connectivity index (χ3v) is 12.8. The number of aliphatic hydroxyl groups excluding tert-OH is 1. The van der Waals surface area contributed by atoms with Crippen molar-refractivity contribution in [2.75, 3.05) is 26.2 Å². The molecule has 1 aromatic carbocycles. The summed E-state index contributed by atoms with van der Waals surface area (Å²) in [5.74, 6) is -8.08. The number of piperazine rings is 1. The lowest BCUT2D eigenvalue weighted by atomic mass is 9.83. The van der Waals surface area contributed by atoms with Crippen LogP contribution in [0.5, 0.6) is 5.75 Å². The first-order valence-corrected chi connectivity index (χ1v) is 22.0. The molecule has 23 heteroatoms. The predicted molar refractivity (Wildman–Crippen MR) is 210 cm³/mol. The van der Waals surface area contributed by atoms with Crippen LogP contribution in [0.2, 0.25) is 0 Å². The second kappa shape index (κ2) is 21.7. The molecule has 2 N–H and O–H groups in total. The monoisotopic (exact) mass is 929 g/mol. The molecule has 1 aliphatic rings. The molecule has 2 rings (SSSR count). The molecular weight excluding hydrogens is 871 g/mol. The van der Waals surface area contributed by atoms with E-state index in [9.17, 15) is 72.0 Å². The summed E-state index contributed by atoms with van der Waals surface area (Å²) in [6.45, 7) is 16.5. The van der Waals surface area contributed by atoms with Gasteiger partial charge < -0.3 is 29.1 Å². The van der Waals surface area contributed by atoms with Gasteiger partial charge in [0.2, 0.25) is 0 Å². The fourth-order valence-corrected chi connectivity index (χ4v) is 6.48. The number of hydrogen-bond acceptors (Lipinski definition) is 12. The molecule has 15 nitrogen and oxygen atoms in total. The third kappa shape index (κ3) is 15.3. The molecule has 2 atom stereocenters. The minimum atomic E-state index is -7.39. The molecule has 1 fully saturated rings. The second-order valence-electron chi connectivity index (χ2n) is 16.5. The van der Waals surface area contributed by atoms with Gasteiger partial charge in [-0.2, -0.15) is 30.6 Å². The number of rotatable bonds is 16. The van der Waals surface area contributed by atoms with Crippen molar-refractivity contribution < 1.29 is 86.6 Å². The number of benzene rings is 1. The Morgan fingerprint density at radius 2 is 1.25 bits per heavy atom. The summed E-state index contributed by atoms with van der Waals surface area (Å²) < 4.78 is 147. The molecule has 1 heterocycles. The van der Waals surface area contributed by atoms with E-state index < -0.39 is 103 Å². The summed E-state index contributed by atoms with van der Waals surface area (Å²) in [4.78, 5) is 46.9. The van der Waals surface area contributed by atoms with Gasteiger partial charge in [0.25, 0.3) is 15.9 Å². The number of carbonyl (C=O) groups is 4. The molecule has 0 radical (unpaired) electrons. The number of Topliss-reactive ketones (excluding diaryl/α,β-unsaturated/α-hetero) is 1. The molecule has 0 bridgehead atoms. The van der Waals surface area contributed by atoms with Crippen LogP contribution >= 0.6 is 0 Å². The quantitative estimate of drug-likeness (QED) is 0.0739. The smallest absolute Gasteiger partial charge is 0.514 e. The van der Waals surface area contributed by atoms with E-state index in [2.05, 4.69) is 13.8 Å². The standard InChI is InChI=1S/C17H26F6N2O8S2.C15H22O3.C6H12O2/c1-4-14(2,3)12(27)6-5-11(26)13(28)24-7-9-25(10-8-24)34(29,30)16(20,21)15(18,19)17(22,23)35(31,32)33;1-6-11(2)12-7-9-13(10-8-12)17-14(16)18-15(3,4)5;1-4-6(2,3)5(7)8/h11,26H,4-10H2,1-3H3,(H,31,32,33);7-11H,6H2,1-5H3;4H2,1-3H3,(H,7,8)/p-1. The highest BCUT2D eigenvalue weighted by atomic mass is 32.2. The summed E-state index contributed by atoms with van der Waals surface area (Å²) in [6.07, 6.45) is -0.611. The van der Waals surface area contributed by atoms with E-state index in [1.54, 1.807) is 67.5 Å². The lowest BCUT2D eigenvalue weighted by Crippen LogP contribution is -2.64. The number of aliphatic carboxylic acids is 1. The maximum atomic E-state index is 14.1. The van der Waals surface area contributed by atoms with Crippen LogP contribution in [0.1, 0.15) is 120 Å². The number of ketones is 1. The van der Waals surface area contributed by atoms with Gasteiger partial charge in [-0.3, -0.25) is 14.4 Å². The topological polar surface area (TPSA) is 225 Å². The number of carboxylic acid groups (broad SMARTS) is 1. The Hall–Kier alpha value is -3.54.